The number of fused-ring (bicyclic) bond motifs is 1. The van der Waals surface area contributed by atoms with Crippen LogP contribution in [-0.2, 0) is 19.4 Å². The van der Waals surface area contributed by atoms with Gasteiger partial charge in [0.15, 0.2) is 0 Å². The lowest BCUT2D eigenvalue weighted by atomic mass is 9.95. The van der Waals surface area contributed by atoms with Crippen molar-refractivity contribution in [2.75, 3.05) is 0 Å². The summed E-state index contributed by atoms with van der Waals surface area (Å²) in [6.45, 7) is 7.19. The van der Waals surface area contributed by atoms with Gasteiger partial charge in [0, 0.05) is 17.4 Å². The van der Waals surface area contributed by atoms with Crippen molar-refractivity contribution in [3.63, 3.8) is 0 Å². The lowest BCUT2D eigenvalue weighted by Gasteiger charge is -2.18. The van der Waals surface area contributed by atoms with E-state index < -0.39 is 0 Å². The molecule has 3 heteroatoms. The summed E-state index contributed by atoms with van der Waals surface area (Å²) in [6, 6.07) is 0.486. The molecule has 1 aliphatic carbocycles. The zero-order valence-corrected chi connectivity index (χ0v) is 10.5. The van der Waals surface area contributed by atoms with Crippen molar-refractivity contribution in [3.05, 3.63) is 22.8 Å². The van der Waals surface area contributed by atoms with Crippen LogP contribution >= 0.6 is 0 Å². The predicted molar refractivity (Wildman–Crippen MR) is 65.4 cm³/mol. The summed E-state index contributed by atoms with van der Waals surface area (Å²) in [5, 5.41) is 3.37. The van der Waals surface area contributed by atoms with Gasteiger partial charge in [0.2, 0.25) is 0 Å². The molecule has 0 aromatic carbocycles. The summed E-state index contributed by atoms with van der Waals surface area (Å²) >= 11 is 0. The van der Waals surface area contributed by atoms with Gasteiger partial charge in [-0.25, -0.2) is 9.97 Å². The molecule has 0 saturated heterocycles. The van der Waals surface area contributed by atoms with Gasteiger partial charge in [-0.3, -0.25) is 0 Å². The lowest BCUT2D eigenvalue weighted by Crippen LogP contribution is -2.24. The summed E-state index contributed by atoms with van der Waals surface area (Å²) in [7, 11) is 0. The van der Waals surface area contributed by atoms with Crippen LogP contribution in [0.3, 0.4) is 0 Å². The average molecular weight is 219 g/mol. The van der Waals surface area contributed by atoms with E-state index in [-0.39, 0.29) is 0 Å². The number of hydrogen-bond acceptors (Lipinski definition) is 3. The van der Waals surface area contributed by atoms with Crippen LogP contribution in [0.4, 0.5) is 0 Å². The monoisotopic (exact) mass is 219 g/mol. The summed E-state index contributed by atoms with van der Waals surface area (Å²) in [5.74, 6) is 0.951. The number of rotatable bonds is 3. The predicted octanol–water partition coefficient (Wildman–Crippen LogP) is 2.16. The second-order valence-corrected chi connectivity index (χ2v) is 4.89. The van der Waals surface area contributed by atoms with Crippen molar-refractivity contribution in [2.24, 2.45) is 0 Å². The molecule has 1 N–H and O–H groups in total. The van der Waals surface area contributed by atoms with Crippen LogP contribution in [0.25, 0.3) is 0 Å². The Morgan fingerprint density at radius 2 is 1.94 bits per heavy atom. The van der Waals surface area contributed by atoms with Crippen LogP contribution in [0.2, 0.25) is 0 Å². The third-order valence-electron chi connectivity index (χ3n) is 3.10. The molecule has 0 atom stereocenters. The molecule has 3 nitrogen and oxygen atoms in total. The van der Waals surface area contributed by atoms with Crippen molar-refractivity contribution in [1.82, 2.24) is 15.3 Å². The van der Waals surface area contributed by atoms with Gasteiger partial charge in [-0.05, 0) is 38.2 Å². The van der Waals surface area contributed by atoms with E-state index in [4.69, 9.17) is 0 Å². The summed E-state index contributed by atoms with van der Waals surface area (Å²) in [5.41, 5.74) is 3.88. The van der Waals surface area contributed by atoms with Gasteiger partial charge < -0.3 is 5.32 Å². The Hall–Kier alpha value is -0.960. The molecule has 1 heterocycles. The smallest absolute Gasteiger partial charge is 0.142 e. The maximum Gasteiger partial charge on any atom is 0.142 e. The Labute approximate surface area is 97.7 Å². The quantitative estimate of drug-likeness (QED) is 0.846. The Morgan fingerprint density at radius 3 is 2.69 bits per heavy atom. The molecule has 0 saturated carbocycles. The minimum Gasteiger partial charge on any atom is -0.308 e. The van der Waals surface area contributed by atoms with Crippen LogP contribution in [0.1, 0.15) is 49.5 Å². The summed E-state index contributed by atoms with van der Waals surface area (Å²) in [4.78, 5) is 9.26. The molecule has 88 valence electrons. The van der Waals surface area contributed by atoms with E-state index in [2.05, 4.69) is 36.1 Å². The number of aromatic nitrogens is 2. The highest BCUT2D eigenvalue weighted by Crippen LogP contribution is 2.21. The number of nitrogens with zero attached hydrogens (tertiary/aromatic N) is 2. The molecule has 0 amide bonds. The Bertz CT molecular complexity index is 372. The molecule has 1 aliphatic rings. The van der Waals surface area contributed by atoms with Crippen molar-refractivity contribution >= 4 is 0 Å². The van der Waals surface area contributed by atoms with Crippen LogP contribution in [0.5, 0.6) is 0 Å². The Balaban J connectivity index is 2.18. The molecule has 1 aromatic rings. The second-order valence-electron chi connectivity index (χ2n) is 4.89. The molecular formula is C13H21N3. The van der Waals surface area contributed by atoms with Crippen LogP contribution in [0.15, 0.2) is 0 Å². The van der Waals surface area contributed by atoms with E-state index >= 15 is 0 Å². The summed E-state index contributed by atoms with van der Waals surface area (Å²) < 4.78 is 0. The second kappa shape index (κ2) is 4.91. The van der Waals surface area contributed by atoms with Crippen LogP contribution in [0, 0.1) is 6.92 Å². The fourth-order valence-electron chi connectivity index (χ4n) is 2.22. The molecular weight excluding hydrogens is 198 g/mol. The van der Waals surface area contributed by atoms with Crippen molar-refractivity contribution in [1.29, 1.82) is 0 Å². The summed E-state index contributed by atoms with van der Waals surface area (Å²) in [6.07, 6.45) is 4.87. The standard InChI is InChI=1S/C13H21N3/c1-9(2)14-8-13-15-10(3)11-6-4-5-7-12(11)16-13/h9,14H,4-8H2,1-3H3. The van der Waals surface area contributed by atoms with E-state index in [0.29, 0.717) is 6.04 Å². The third-order valence-corrected chi connectivity index (χ3v) is 3.10. The normalized spacial score (nSPS) is 15.2. The molecule has 0 aliphatic heterocycles. The highest BCUT2D eigenvalue weighted by atomic mass is 15.0. The lowest BCUT2D eigenvalue weighted by molar-refractivity contribution is 0.562. The van der Waals surface area contributed by atoms with Gasteiger partial charge in [0.25, 0.3) is 0 Å². The van der Waals surface area contributed by atoms with E-state index in [0.717, 1.165) is 18.8 Å². The minimum atomic E-state index is 0.486. The van der Waals surface area contributed by atoms with E-state index in [1.165, 1.54) is 36.2 Å². The van der Waals surface area contributed by atoms with Gasteiger partial charge in [-0.1, -0.05) is 13.8 Å². The number of nitrogens with one attached hydrogen (secondary N) is 1. The molecule has 0 unspecified atom stereocenters. The highest BCUT2D eigenvalue weighted by Gasteiger charge is 2.15. The maximum absolute atomic E-state index is 4.67. The molecule has 0 spiro atoms. The molecule has 16 heavy (non-hydrogen) atoms. The maximum atomic E-state index is 4.67. The van der Waals surface area contributed by atoms with Crippen molar-refractivity contribution in [2.45, 2.75) is 59.0 Å². The first-order valence-electron chi connectivity index (χ1n) is 6.25. The fourth-order valence-corrected chi connectivity index (χ4v) is 2.22. The van der Waals surface area contributed by atoms with Gasteiger partial charge in [-0.2, -0.15) is 0 Å². The van der Waals surface area contributed by atoms with Crippen LogP contribution < -0.4 is 5.32 Å². The van der Waals surface area contributed by atoms with E-state index in [1.54, 1.807) is 0 Å². The van der Waals surface area contributed by atoms with Crippen molar-refractivity contribution < 1.29 is 0 Å². The number of aryl methyl sites for hydroxylation is 2. The van der Waals surface area contributed by atoms with Gasteiger partial charge in [-0.15, -0.1) is 0 Å². The SMILES string of the molecule is Cc1nc(CNC(C)C)nc2c1CCCC2. The first-order chi connectivity index (χ1) is 7.66. The zero-order chi connectivity index (χ0) is 11.5. The third kappa shape index (κ3) is 2.59. The first-order valence-corrected chi connectivity index (χ1v) is 6.25. The topological polar surface area (TPSA) is 37.8 Å². The largest absolute Gasteiger partial charge is 0.308 e. The van der Waals surface area contributed by atoms with E-state index in [1.807, 2.05) is 0 Å². The van der Waals surface area contributed by atoms with Gasteiger partial charge >= 0.3 is 0 Å². The molecule has 1 aromatic heterocycles. The van der Waals surface area contributed by atoms with Crippen molar-refractivity contribution in [3.8, 4) is 0 Å². The minimum absolute atomic E-state index is 0.486. The van der Waals surface area contributed by atoms with Crippen LogP contribution in [-0.4, -0.2) is 16.0 Å². The molecule has 0 radical (unpaired) electrons. The fraction of sp³-hybridized carbons (Fsp3) is 0.692. The van der Waals surface area contributed by atoms with E-state index in [9.17, 15) is 0 Å². The molecule has 0 fully saturated rings. The first kappa shape index (κ1) is 11.5. The average Bonchev–Trinajstić information content (AvgIpc) is 2.26. The zero-order valence-electron chi connectivity index (χ0n) is 10.5. The molecule has 0 bridgehead atoms. The van der Waals surface area contributed by atoms with Gasteiger partial charge in [0.1, 0.15) is 5.82 Å². The van der Waals surface area contributed by atoms with Gasteiger partial charge in [0.05, 0.1) is 6.54 Å². The molecule has 2 rings (SSSR count). The number of hydrogen-bond donors (Lipinski definition) is 1. The Kier molecular flexibility index (Phi) is 3.54. The highest BCUT2D eigenvalue weighted by molar-refractivity contribution is 5.27. The Morgan fingerprint density at radius 1 is 1.19 bits per heavy atom.